The van der Waals surface area contributed by atoms with Crippen LogP contribution in [0.2, 0.25) is 0 Å². The van der Waals surface area contributed by atoms with E-state index in [0.29, 0.717) is 17.6 Å². The van der Waals surface area contributed by atoms with Crippen molar-refractivity contribution in [1.82, 2.24) is 19.7 Å². The van der Waals surface area contributed by atoms with Crippen LogP contribution >= 0.6 is 11.8 Å². The molecule has 2 heterocycles. The number of nitrogens with one attached hydrogen (secondary N) is 1. The van der Waals surface area contributed by atoms with Crippen LogP contribution < -0.4 is 10.1 Å². The summed E-state index contributed by atoms with van der Waals surface area (Å²) in [4.78, 5) is 16.6. The summed E-state index contributed by atoms with van der Waals surface area (Å²) < 4.78 is 7.50. The van der Waals surface area contributed by atoms with Gasteiger partial charge in [-0.3, -0.25) is 14.3 Å². The molecule has 1 N–H and O–H groups in total. The zero-order chi connectivity index (χ0) is 22.3. The highest BCUT2D eigenvalue weighted by molar-refractivity contribution is 7.99. The Hall–Kier alpha value is -3.65. The number of benzene rings is 2. The van der Waals surface area contributed by atoms with E-state index in [1.165, 1.54) is 11.8 Å². The number of carbonyl (C=O) groups excluding carboxylic acids is 1. The van der Waals surface area contributed by atoms with E-state index < -0.39 is 0 Å². The molecule has 0 aliphatic carbocycles. The topological polar surface area (TPSA) is 81.9 Å². The highest BCUT2D eigenvalue weighted by atomic mass is 32.2. The van der Waals surface area contributed by atoms with Gasteiger partial charge in [-0.2, -0.15) is 0 Å². The monoisotopic (exact) mass is 445 g/mol. The van der Waals surface area contributed by atoms with Gasteiger partial charge in [0.15, 0.2) is 11.0 Å². The number of ether oxygens (including phenoxy) is 1. The van der Waals surface area contributed by atoms with Gasteiger partial charge >= 0.3 is 0 Å². The zero-order valence-electron chi connectivity index (χ0n) is 17.9. The molecule has 0 radical (unpaired) electrons. The number of aromatic nitrogens is 4. The molecule has 0 fully saturated rings. The van der Waals surface area contributed by atoms with Gasteiger partial charge in [-0.15, -0.1) is 10.2 Å². The Bertz CT molecular complexity index is 1190. The number of anilines is 1. The lowest BCUT2D eigenvalue weighted by Crippen LogP contribution is -2.14. The lowest BCUT2D eigenvalue weighted by Gasteiger charge is -2.11. The largest absolute Gasteiger partial charge is 0.494 e. The van der Waals surface area contributed by atoms with Crippen LogP contribution in [0.5, 0.6) is 5.75 Å². The standard InChI is InChI=1S/C24H23N5O2S/c1-3-31-21-9-7-20(8-10-21)29-23(18-11-13-25-14-12-18)27-28-24(29)32-16-22(30)26-19-6-4-5-17(2)15-19/h4-15H,3,16H2,1-2H3,(H,26,30). The minimum Gasteiger partial charge on any atom is -0.494 e. The molecule has 2 aromatic carbocycles. The molecule has 0 bridgehead atoms. The first-order valence-electron chi connectivity index (χ1n) is 10.2. The van der Waals surface area contributed by atoms with E-state index in [4.69, 9.17) is 4.74 Å². The first-order valence-corrected chi connectivity index (χ1v) is 11.2. The van der Waals surface area contributed by atoms with E-state index in [-0.39, 0.29) is 11.7 Å². The minimum atomic E-state index is -0.104. The second-order valence-electron chi connectivity index (χ2n) is 7.01. The third-order valence-corrected chi connectivity index (χ3v) is 5.54. The predicted molar refractivity (Wildman–Crippen MR) is 126 cm³/mol. The van der Waals surface area contributed by atoms with Gasteiger partial charge in [0, 0.05) is 29.3 Å². The molecule has 4 rings (SSSR count). The molecule has 4 aromatic rings. The summed E-state index contributed by atoms with van der Waals surface area (Å²) in [5.74, 6) is 1.58. The number of rotatable bonds is 8. The van der Waals surface area contributed by atoms with Crippen LogP contribution in [0.1, 0.15) is 12.5 Å². The fourth-order valence-electron chi connectivity index (χ4n) is 3.19. The maximum atomic E-state index is 12.5. The molecule has 8 heteroatoms. The van der Waals surface area contributed by atoms with E-state index in [0.717, 1.165) is 28.3 Å². The smallest absolute Gasteiger partial charge is 0.234 e. The zero-order valence-corrected chi connectivity index (χ0v) is 18.7. The summed E-state index contributed by atoms with van der Waals surface area (Å²) in [6, 6.07) is 19.2. The van der Waals surface area contributed by atoms with Crippen molar-refractivity contribution in [3.8, 4) is 22.8 Å². The Morgan fingerprint density at radius 2 is 1.84 bits per heavy atom. The molecule has 0 aliphatic heterocycles. The molecule has 0 aliphatic rings. The van der Waals surface area contributed by atoms with Gasteiger partial charge in [-0.1, -0.05) is 23.9 Å². The molecule has 2 aromatic heterocycles. The number of hydrogen-bond donors (Lipinski definition) is 1. The molecule has 0 saturated carbocycles. The summed E-state index contributed by atoms with van der Waals surface area (Å²) >= 11 is 1.33. The second-order valence-corrected chi connectivity index (χ2v) is 7.95. The predicted octanol–water partition coefficient (Wildman–Crippen LogP) is 4.77. The Balaban J connectivity index is 1.59. The molecule has 162 valence electrons. The van der Waals surface area contributed by atoms with Crippen molar-refractivity contribution in [2.75, 3.05) is 17.7 Å². The highest BCUT2D eigenvalue weighted by Gasteiger charge is 2.17. The SMILES string of the molecule is CCOc1ccc(-n2c(SCC(=O)Nc3cccc(C)c3)nnc2-c2ccncc2)cc1. The van der Waals surface area contributed by atoms with Crippen LogP contribution in [0.3, 0.4) is 0 Å². The number of nitrogens with zero attached hydrogens (tertiary/aromatic N) is 4. The van der Waals surface area contributed by atoms with E-state index in [1.807, 2.05) is 79.1 Å². The quantitative estimate of drug-likeness (QED) is 0.394. The maximum Gasteiger partial charge on any atom is 0.234 e. The molecular formula is C24H23N5O2S. The molecule has 1 amide bonds. The second kappa shape index (κ2) is 10.1. The summed E-state index contributed by atoms with van der Waals surface area (Å²) in [6.07, 6.45) is 3.43. The molecular weight excluding hydrogens is 422 g/mol. The average Bonchev–Trinajstić information content (AvgIpc) is 3.23. The van der Waals surface area contributed by atoms with Gasteiger partial charge in [0.25, 0.3) is 0 Å². The maximum absolute atomic E-state index is 12.5. The fourth-order valence-corrected chi connectivity index (χ4v) is 3.94. The van der Waals surface area contributed by atoms with Gasteiger partial charge in [-0.05, 0) is 67.9 Å². The molecule has 0 saturated heterocycles. The summed E-state index contributed by atoms with van der Waals surface area (Å²) in [6.45, 7) is 4.54. The van der Waals surface area contributed by atoms with E-state index >= 15 is 0 Å². The van der Waals surface area contributed by atoms with E-state index in [2.05, 4.69) is 20.5 Å². The third-order valence-electron chi connectivity index (χ3n) is 4.61. The van der Waals surface area contributed by atoms with Crippen LogP contribution in [0, 0.1) is 6.92 Å². The lowest BCUT2D eigenvalue weighted by atomic mass is 10.2. The van der Waals surface area contributed by atoms with Crippen molar-refractivity contribution >= 4 is 23.4 Å². The van der Waals surface area contributed by atoms with Crippen molar-refractivity contribution in [2.24, 2.45) is 0 Å². The van der Waals surface area contributed by atoms with Gasteiger partial charge in [0.2, 0.25) is 5.91 Å². The van der Waals surface area contributed by atoms with Crippen LogP contribution in [0.4, 0.5) is 5.69 Å². The Morgan fingerprint density at radius 3 is 2.56 bits per heavy atom. The van der Waals surface area contributed by atoms with Crippen molar-refractivity contribution in [1.29, 1.82) is 0 Å². The van der Waals surface area contributed by atoms with Crippen molar-refractivity contribution in [2.45, 2.75) is 19.0 Å². The normalized spacial score (nSPS) is 10.7. The Kier molecular flexibility index (Phi) is 6.81. The lowest BCUT2D eigenvalue weighted by molar-refractivity contribution is -0.113. The van der Waals surface area contributed by atoms with Crippen LogP contribution in [0.25, 0.3) is 17.1 Å². The third kappa shape index (κ3) is 5.15. The number of amides is 1. The summed E-state index contributed by atoms with van der Waals surface area (Å²) in [5.41, 5.74) is 3.64. The number of aryl methyl sites for hydroxylation is 1. The first kappa shape index (κ1) is 21.6. The summed E-state index contributed by atoms with van der Waals surface area (Å²) in [7, 11) is 0. The van der Waals surface area contributed by atoms with Crippen LogP contribution in [-0.4, -0.2) is 38.0 Å². The Labute approximate surface area is 190 Å². The minimum absolute atomic E-state index is 0.104. The molecule has 32 heavy (non-hydrogen) atoms. The van der Waals surface area contributed by atoms with E-state index in [9.17, 15) is 4.79 Å². The van der Waals surface area contributed by atoms with Crippen molar-refractivity contribution < 1.29 is 9.53 Å². The van der Waals surface area contributed by atoms with Gasteiger partial charge < -0.3 is 10.1 Å². The van der Waals surface area contributed by atoms with Gasteiger partial charge in [-0.25, -0.2) is 0 Å². The molecule has 0 unspecified atom stereocenters. The van der Waals surface area contributed by atoms with Crippen LogP contribution in [0.15, 0.2) is 78.2 Å². The fraction of sp³-hybridized carbons (Fsp3) is 0.167. The highest BCUT2D eigenvalue weighted by Crippen LogP contribution is 2.28. The number of pyridine rings is 1. The Morgan fingerprint density at radius 1 is 1.06 bits per heavy atom. The van der Waals surface area contributed by atoms with Gasteiger partial charge in [0.05, 0.1) is 12.4 Å². The summed E-state index contributed by atoms with van der Waals surface area (Å²) in [5, 5.41) is 12.3. The average molecular weight is 446 g/mol. The molecule has 0 atom stereocenters. The first-order chi connectivity index (χ1) is 15.6. The number of carbonyl (C=O) groups is 1. The van der Waals surface area contributed by atoms with Crippen molar-refractivity contribution in [3.05, 3.63) is 78.6 Å². The van der Waals surface area contributed by atoms with Gasteiger partial charge in [0.1, 0.15) is 5.75 Å². The number of thioether (sulfide) groups is 1. The number of hydrogen-bond acceptors (Lipinski definition) is 6. The van der Waals surface area contributed by atoms with Crippen LogP contribution in [-0.2, 0) is 4.79 Å². The van der Waals surface area contributed by atoms with E-state index in [1.54, 1.807) is 12.4 Å². The van der Waals surface area contributed by atoms with Crippen molar-refractivity contribution in [3.63, 3.8) is 0 Å². The molecule has 0 spiro atoms. The molecule has 7 nitrogen and oxygen atoms in total.